The van der Waals surface area contributed by atoms with Crippen molar-refractivity contribution in [3.63, 3.8) is 0 Å². The number of hydrogen-bond acceptors (Lipinski definition) is 2. The summed E-state index contributed by atoms with van der Waals surface area (Å²) < 4.78 is 0. The van der Waals surface area contributed by atoms with E-state index in [0.29, 0.717) is 0 Å². The maximum atomic E-state index is 8.71. The van der Waals surface area contributed by atoms with E-state index in [1.165, 1.54) is 0 Å². The summed E-state index contributed by atoms with van der Waals surface area (Å²) in [6, 6.07) is 0. The highest BCUT2D eigenvalue weighted by Gasteiger charge is 2.03. The van der Waals surface area contributed by atoms with Gasteiger partial charge in [0.2, 0.25) is 0 Å². The van der Waals surface area contributed by atoms with Gasteiger partial charge in [0.05, 0.1) is 0 Å². The second-order valence-corrected chi connectivity index (χ2v) is 1.86. The van der Waals surface area contributed by atoms with Gasteiger partial charge >= 0.3 is 0 Å². The third-order valence-electron chi connectivity index (χ3n) is 0.766. The fourth-order valence-electron chi connectivity index (χ4n) is 0.186. The minimum absolute atomic E-state index is 0.00546. The smallest absolute Gasteiger partial charge is 0.135 e. The van der Waals surface area contributed by atoms with Crippen LogP contribution in [0.3, 0.4) is 0 Å². The number of rotatable bonds is 2. The Morgan fingerprint density at radius 1 is 1.62 bits per heavy atom. The summed E-state index contributed by atoms with van der Waals surface area (Å²) in [6.45, 7) is 3.55. The van der Waals surface area contributed by atoms with Crippen LogP contribution < -0.4 is 0 Å². The minimum atomic E-state index is -0.875. The number of hydrogen-bond donors (Lipinski definition) is 1. The standard InChI is InChI=1S/C4H9N3O/c1-3(2)4(8)6-7-5/h3-4,8H,1-2H3. The van der Waals surface area contributed by atoms with E-state index in [4.69, 9.17) is 10.6 Å². The number of nitrogens with zero attached hydrogens (tertiary/aromatic N) is 3. The van der Waals surface area contributed by atoms with Crippen molar-refractivity contribution >= 4 is 0 Å². The van der Waals surface area contributed by atoms with E-state index in [9.17, 15) is 0 Å². The van der Waals surface area contributed by atoms with Crippen LogP contribution in [0.15, 0.2) is 5.11 Å². The summed E-state index contributed by atoms with van der Waals surface area (Å²) in [5.41, 5.74) is 7.78. The summed E-state index contributed by atoms with van der Waals surface area (Å²) in [6.07, 6.45) is -0.875. The van der Waals surface area contributed by atoms with Crippen molar-refractivity contribution in [3.05, 3.63) is 10.4 Å². The van der Waals surface area contributed by atoms with Crippen LogP contribution in [-0.4, -0.2) is 11.3 Å². The maximum Gasteiger partial charge on any atom is 0.135 e. The minimum Gasteiger partial charge on any atom is -0.387 e. The molecule has 0 aromatic heterocycles. The van der Waals surface area contributed by atoms with Gasteiger partial charge in [-0.3, -0.25) is 0 Å². The average Bonchev–Trinajstić information content (AvgIpc) is 1.67. The molecule has 0 amide bonds. The molecule has 0 saturated heterocycles. The second-order valence-electron chi connectivity index (χ2n) is 1.86. The molecule has 0 aliphatic carbocycles. The molecule has 0 rings (SSSR count). The van der Waals surface area contributed by atoms with Crippen LogP contribution in [0.1, 0.15) is 13.8 Å². The highest BCUT2D eigenvalue weighted by molar-refractivity contribution is 4.56. The zero-order chi connectivity index (χ0) is 6.57. The molecule has 0 fully saturated rings. The van der Waals surface area contributed by atoms with Gasteiger partial charge in [0.15, 0.2) is 0 Å². The van der Waals surface area contributed by atoms with Gasteiger partial charge in [-0.05, 0) is 11.4 Å². The molecule has 4 heteroatoms. The molecule has 1 N–H and O–H groups in total. The molecule has 0 aliphatic heterocycles. The summed E-state index contributed by atoms with van der Waals surface area (Å²) >= 11 is 0. The Bertz CT molecular complexity index is 106. The fourth-order valence-corrected chi connectivity index (χ4v) is 0.186. The summed E-state index contributed by atoms with van der Waals surface area (Å²) in [4.78, 5) is 2.43. The van der Waals surface area contributed by atoms with Crippen molar-refractivity contribution in [2.24, 2.45) is 11.0 Å². The van der Waals surface area contributed by atoms with E-state index in [1.807, 2.05) is 0 Å². The number of aliphatic hydroxyl groups is 1. The van der Waals surface area contributed by atoms with E-state index in [2.05, 4.69) is 10.0 Å². The van der Waals surface area contributed by atoms with Crippen molar-refractivity contribution in [2.75, 3.05) is 0 Å². The molecule has 0 spiro atoms. The normalized spacial score (nSPS) is 13.0. The van der Waals surface area contributed by atoms with Gasteiger partial charge in [-0.1, -0.05) is 19.0 Å². The molecule has 0 saturated carbocycles. The van der Waals surface area contributed by atoms with E-state index in [-0.39, 0.29) is 5.92 Å². The molecular weight excluding hydrogens is 106 g/mol. The van der Waals surface area contributed by atoms with Crippen LogP contribution in [0.4, 0.5) is 0 Å². The lowest BCUT2D eigenvalue weighted by Gasteiger charge is -2.04. The van der Waals surface area contributed by atoms with Gasteiger partial charge in [0, 0.05) is 4.91 Å². The third-order valence-corrected chi connectivity index (χ3v) is 0.766. The molecule has 0 bridgehead atoms. The topological polar surface area (TPSA) is 69.0 Å². The Morgan fingerprint density at radius 3 is 2.25 bits per heavy atom. The molecule has 46 valence electrons. The van der Waals surface area contributed by atoms with Crippen molar-refractivity contribution in [1.82, 2.24) is 0 Å². The van der Waals surface area contributed by atoms with E-state index in [1.54, 1.807) is 13.8 Å². The Hall–Kier alpha value is -0.730. The fraction of sp³-hybridized carbons (Fsp3) is 1.00. The third kappa shape index (κ3) is 2.44. The van der Waals surface area contributed by atoms with E-state index >= 15 is 0 Å². The monoisotopic (exact) mass is 115 g/mol. The molecule has 1 atom stereocenters. The van der Waals surface area contributed by atoms with Gasteiger partial charge in [0.1, 0.15) is 6.23 Å². The lowest BCUT2D eigenvalue weighted by molar-refractivity contribution is 0.132. The first-order chi connectivity index (χ1) is 3.68. The first-order valence-corrected chi connectivity index (χ1v) is 2.40. The molecular formula is C4H9N3O. The van der Waals surface area contributed by atoms with Crippen LogP contribution in [0.2, 0.25) is 0 Å². The Labute approximate surface area is 47.8 Å². The van der Waals surface area contributed by atoms with Gasteiger partial charge < -0.3 is 5.11 Å². The quantitative estimate of drug-likeness (QED) is 0.328. The van der Waals surface area contributed by atoms with Crippen LogP contribution in [0, 0.1) is 5.92 Å². The Kier molecular flexibility index (Phi) is 2.99. The predicted octanol–water partition coefficient (Wildman–Crippen LogP) is 1.27. The van der Waals surface area contributed by atoms with Gasteiger partial charge in [-0.15, -0.1) is 0 Å². The molecule has 0 radical (unpaired) electrons. The van der Waals surface area contributed by atoms with Crippen LogP contribution in [0.5, 0.6) is 0 Å². The highest BCUT2D eigenvalue weighted by Crippen LogP contribution is 2.00. The van der Waals surface area contributed by atoms with Gasteiger partial charge in [-0.25, -0.2) is 0 Å². The summed E-state index contributed by atoms with van der Waals surface area (Å²) in [5, 5.41) is 11.8. The molecule has 0 aliphatic rings. The SMILES string of the molecule is CC(C)C(O)N=[N+]=[N-]. The van der Waals surface area contributed by atoms with Crippen LogP contribution in [-0.2, 0) is 0 Å². The molecule has 0 heterocycles. The van der Waals surface area contributed by atoms with Crippen LogP contribution in [0.25, 0.3) is 10.4 Å². The summed E-state index contributed by atoms with van der Waals surface area (Å²) in [7, 11) is 0. The molecule has 0 aromatic rings. The summed E-state index contributed by atoms with van der Waals surface area (Å²) in [5.74, 6) is 0.00546. The lowest BCUT2D eigenvalue weighted by Crippen LogP contribution is -2.09. The second kappa shape index (κ2) is 3.29. The van der Waals surface area contributed by atoms with Gasteiger partial charge in [0.25, 0.3) is 0 Å². The highest BCUT2D eigenvalue weighted by atomic mass is 16.3. The molecule has 4 nitrogen and oxygen atoms in total. The molecule has 1 unspecified atom stereocenters. The van der Waals surface area contributed by atoms with Gasteiger partial charge in [-0.2, -0.15) is 0 Å². The Balaban J connectivity index is 3.63. The first-order valence-electron chi connectivity index (χ1n) is 2.40. The van der Waals surface area contributed by atoms with Crippen molar-refractivity contribution in [1.29, 1.82) is 0 Å². The first kappa shape index (κ1) is 7.27. The molecule has 8 heavy (non-hydrogen) atoms. The largest absolute Gasteiger partial charge is 0.387 e. The number of azide groups is 1. The number of aliphatic hydroxyl groups excluding tert-OH is 1. The molecule has 0 aromatic carbocycles. The zero-order valence-electron chi connectivity index (χ0n) is 4.94. The van der Waals surface area contributed by atoms with Crippen molar-refractivity contribution in [2.45, 2.75) is 20.1 Å². The van der Waals surface area contributed by atoms with E-state index < -0.39 is 6.23 Å². The lowest BCUT2D eigenvalue weighted by atomic mass is 10.2. The van der Waals surface area contributed by atoms with Crippen LogP contribution >= 0.6 is 0 Å². The maximum absolute atomic E-state index is 8.71. The zero-order valence-corrected chi connectivity index (χ0v) is 4.94. The van der Waals surface area contributed by atoms with E-state index in [0.717, 1.165) is 0 Å². The van der Waals surface area contributed by atoms with Crippen molar-refractivity contribution in [3.8, 4) is 0 Å². The Morgan fingerprint density at radius 2 is 2.12 bits per heavy atom. The van der Waals surface area contributed by atoms with Crippen molar-refractivity contribution < 1.29 is 5.11 Å². The average molecular weight is 115 g/mol. The predicted molar refractivity (Wildman–Crippen MR) is 30.0 cm³/mol.